The Morgan fingerprint density at radius 3 is 2.64 bits per heavy atom. The summed E-state index contributed by atoms with van der Waals surface area (Å²) in [7, 11) is 0. The van der Waals surface area contributed by atoms with Gasteiger partial charge in [-0.05, 0) is 32.9 Å². The van der Waals surface area contributed by atoms with Crippen molar-refractivity contribution >= 4 is 5.91 Å². The van der Waals surface area contributed by atoms with Crippen molar-refractivity contribution in [3.63, 3.8) is 0 Å². The molecule has 5 heteroatoms. The zero-order valence-corrected chi connectivity index (χ0v) is 8.42. The lowest BCUT2D eigenvalue weighted by atomic mass is 9.92. The van der Waals surface area contributed by atoms with Gasteiger partial charge in [0.2, 0.25) is 5.91 Å². The van der Waals surface area contributed by atoms with Crippen molar-refractivity contribution in [2.24, 2.45) is 0 Å². The molecule has 1 rings (SSSR count). The lowest BCUT2D eigenvalue weighted by molar-refractivity contribution is -0.130. The molecule has 4 N–H and O–H groups in total. The predicted molar refractivity (Wildman–Crippen MR) is 51.7 cm³/mol. The van der Waals surface area contributed by atoms with Crippen LogP contribution in [0.1, 0.15) is 19.8 Å². The molecule has 14 heavy (non-hydrogen) atoms. The largest absolute Gasteiger partial charge is 0.388 e. The molecular weight excluding hydrogens is 184 g/mol. The van der Waals surface area contributed by atoms with Gasteiger partial charge in [-0.15, -0.1) is 0 Å². The molecular formula is C9H18N2O3. The van der Waals surface area contributed by atoms with Gasteiger partial charge in [0, 0.05) is 6.54 Å². The number of aliphatic hydroxyl groups excluding tert-OH is 1. The summed E-state index contributed by atoms with van der Waals surface area (Å²) in [5, 5.41) is 24.5. The minimum absolute atomic E-state index is 0.221. The van der Waals surface area contributed by atoms with E-state index in [1.807, 2.05) is 0 Å². The molecule has 1 saturated heterocycles. The third-order valence-corrected chi connectivity index (χ3v) is 2.51. The number of rotatable bonds is 3. The molecule has 5 nitrogen and oxygen atoms in total. The van der Waals surface area contributed by atoms with E-state index in [0.717, 1.165) is 13.1 Å². The molecule has 0 aromatic heterocycles. The van der Waals surface area contributed by atoms with Crippen molar-refractivity contribution < 1.29 is 15.0 Å². The molecule has 1 aliphatic heterocycles. The van der Waals surface area contributed by atoms with Crippen molar-refractivity contribution in [3.8, 4) is 0 Å². The summed E-state index contributed by atoms with van der Waals surface area (Å²) < 4.78 is 0. The summed E-state index contributed by atoms with van der Waals surface area (Å²) in [6.45, 7) is 3.16. The van der Waals surface area contributed by atoms with Crippen molar-refractivity contribution in [2.75, 3.05) is 19.6 Å². The summed E-state index contributed by atoms with van der Waals surface area (Å²) >= 11 is 0. The lowest BCUT2D eigenvalue weighted by Crippen LogP contribution is -2.50. The zero-order chi connectivity index (χ0) is 10.6. The number of hydrogen-bond donors (Lipinski definition) is 4. The Bertz CT molecular complexity index is 200. The number of amides is 1. The molecule has 0 aromatic carbocycles. The van der Waals surface area contributed by atoms with E-state index in [2.05, 4.69) is 10.6 Å². The maximum Gasteiger partial charge on any atom is 0.248 e. The van der Waals surface area contributed by atoms with E-state index < -0.39 is 17.6 Å². The molecule has 0 spiro atoms. The van der Waals surface area contributed by atoms with E-state index in [1.54, 1.807) is 0 Å². The van der Waals surface area contributed by atoms with E-state index in [9.17, 15) is 9.90 Å². The van der Waals surface area contributed by atoms with E-state index in [4.69, 9.17) is 5.11 Å². The summed E-state index contributed by atoms with van der Waals surface area (Å²) in [6, 6.07) is 0. The number of carbonyl (C=O) groups is 1. The first kappa shape index (κ1) is 11.4. The van der Waals surface area contributed by atoms with E-state index in [0.29, 0.717) is 12.8 Å². The highest BCUT2D eigenvalue weighted by molar-refractivity contribution is 5.80. The summed E-state index contributed by atoms with van der Waals surface area (Å²) in [5.74, 6) is -0.433. The highest BCUT2D eigenvalue weighted by Crippen LogP contribution is 2.16. The van der Waals surface area contributed by atoms with Crippen LogP contribution in [0, 0.1) is 0 Å². The third kappa shape index (κ3) is 3.25. The summed E-state index contributed by atoms with van der Waals surface area (Å²) in [5.41, 5.74) is -0.810. The highest BCUT2D eigenvalue weighted by atomic mass is 16.3. The van der Waals surface area contributed by atoms with Crippen LogP contribution in [0.3, 0.4) is 0 Å². The normalized spacial score (nSPS) is 22.8. The van der Waals surface area contributed by atoms with Gasteiger partial charge in [-0.3, -0.25) is 4.79 Å². The molecule has 0 radical (unpaired) electrons. The van der Waals surface area contributed by atoms with Crippen LogP contribution in [0.5, 0.6) is 0 Å². The minimum atomic E-state index is -1.01. The average molecular weight is 202 g/mol. The Labute approximate surface area is 83.5 Å². The Balaban J connectivity index is 2.32. The van der Waals surface area contributed by atoms with Crippen LogP contribution in [0.15, 0.2) is 0 Å². The van der Waals surface area contributed by atoms with Gasteiger partial charge in [0.25, 0.3) is 0 Å². The van der Waals surface area contributed by atoms with Crippen LogP contribution in [0.4, 0.5) is 0 Å². The maximum atomic E-state index is 11.0. The van der Waals surface area contributed by atoms with Crippen LogP contribution in [0.25, 0.3) is 0 Å². The topological polar surface area (TPSA) is 81.6 Å². The van der Waals surface area contributed by atoms with Gasteiger partial charge in [-0.1, -0.05) is 0 Å². The first-order chi connectivity index (χ1) is 6.53. The van der Waals surface area contributed by atoms with Crippen LogP contribution in [-0.2, 0) is 4.79 Å². The smallest absolute Gasteiger partial charge is 0.248 e. The first-order valence-electron chi connectivity index (χ1n) is 4.92. The molecule has 1 atom stereocenters. The molecule has 1 unspecified atom stereocenters. The second-order valence-electron chi connectivity index (χ2n) is 3.87. The molecule has 1 heterocycles. The molecule has 1 fully saturated rings. The maximum absolute atomic E-state index is 11.0. The van der Waals surface area contributed by atoms with Gasteiger partial charge in [0.15, 0.2) is 0 Å². The summed E-state index contributed by atoms with van der Waals surface area (Å²) in [6.07, 6.45) is 0.250. The standard InChI is InChI=1S/C9H18N2O3/c1-7(12)8(13)11-6-9(14)2-4-10-5-3-9/h7,10,12,14H,2-6H2,1H3,(H,11,13). The van der Waals surface area contributed by atoms with Gasteiger partial charge >= 0.3 is 0 Å². The fourth-order valence-electron chi connectivity index (χ4n) is 1.47. The van der Waals surface area contributed by atoms with Crippen LogP contribution in [-0.4, -0.2) is 47.5 Å². The monoisotopic (exact) mass is 202 g/mol. The quantitative estimate of drug-likeness (QED) is 0.453. The van der Waals surface area contributed by atoms with Gasteiger partial charge in [0.1, 0.15) is 6.10 Å². The molecule has 0 aromatic rings. The molecule has 1 aliphatic rings. The first-order valence-corrected chi connectivity index (χ1v) is 4.92. The van der Waals surface area contributed by atoms with Gasteiger partial charge in [-0.25, -0.2) is 0 Å². The Hall–Kier alpha value is -0.650. The fourth-order valence-corrected chi connectivity index (χ4v) is 1.47. The Kier molecular flexibility index (Phi) is 3.86. The van der Waals surface area contributed by atoms with Crippen LogP contribution in [0.2, 0.25) is 0 Å². The highest BCUT2D eigenvalue weighted by Gasteiger charge is 2.29. The number of nitrogens with one attached hydrogen (secondary N) is 2. The summed E-state index contributed by atoms with van der Waals surface area (Å²) in [4.78, 5) is 11.0. The second-order valence-corrected chi connectivity index (χ2v) is 3.87. The van der Waals surface area contributed by atoms with E-state index in [1.165, 1.54) is 6.92 Å². The molecule has 0 aliphatic carbocycles. The number of piperidine rings is 1. The van der Waals surface area contributed by atoms with E-state index >= 15 is 0 Å². The molecule has 82 valence electrons. The Morgan fingerprint density at radius 1 is 1.57 bits per heavy atom. The number of aliphatic hydroxyl groups is 2. The third-order valence-electron chi connectivity index (χ3n) is 2.51. The van der Waals surface area contributed by atoms with Gasteiger partial charge < -0.3 is 20.8 Å². The predicted octanol–water partition coefficient (Wildman–Crippen LogP) is -1.40. The van der Waals surface area contributed by atoms with Gasteiger partial charge in [-0.2, -0.15) is 0 Å². The van der Waals surface area contributed by atoms with Crippen molar-refractivity contribution in [1.82, 2.24) is 10.6 Å². The minimum Gasteiger partial charge on any atom is -0.388 e. The van der Waals surface area contributed by atoms with Crippen molar-refractivity contribution in [3.05, 3.63) is 0 Å². The zero-order valence-electron chi connectivity index (χ0n) is 8.42. The van der Waals surface area contributed by atoms with Crippen molar-refractivity contribution in [1.29, 1.82) is 0 Å². The molecule has 1 amide bonds. The SMILES string of the molecule is CC(O)C(=O)NCC1(O)CCNCC1. The second kappa shape index (κ2) is 4.72. The Morgan fingerprint density at radius 2 is 2.14 bits per heavy atom. The molecule has 0 saturated carbocycles. The van der Waals surface area contributed by atoms with Crippen molar-refractivity contribution in [2.45, 2.75) is 31.5 Å². The van der Waals surface area contributed by atoms with Crippen LogP contribution >= 0.6 is 0 Å². The number of carbonyl (C=O) groups excluding carboxylic acids is 1. The van der Waals surface area contributed by atoms with Gasteiger partial charge in [0.05, 0.1) is 5.60 Å². The molecule has 0 bridgehead atoms. The fraction of sp³-hybridized carbons (Fsp3) is 0.889. The average Bonchev–Trinajstić information content (AvgIpc) is 2.15. The number of hydrogen-bond acceptors (Lipinski definition) is 4. The lowest BCUT2D eigenvalue weighted by Gasteiger charge is -2.32. The van der Waals surface area contributed by atoms with Crippen LogP contribution < -0.4 is 10.6 Å². The van der Waals surface area contributed by atoms with E-state index in [-0.39, 0.29) is 6.54 Å².